The molecule has 1 aromatic heterocycles. The van der Waals surface area contributed by atoms with Crippen LogP contribution in [0, 0.1) is 11.6 Å². The quantitative estimate of drug-likeness (QED) is 0.427. The van der Waals surface area contributed by atoms with Gasteiger partial charge in [0.15, 0.2) is 0 Å². The van der Waals surface area contributed by atoms with Crippen LogP contribution in [0.3, 0.4) is 0 Å². The van der Waals surface area contributed by atoms with Gasteiger partial charge in [-0.25, -0.2) is 13.6 Å². The Kier molecular flexibility index (Phi) is 4.98. The summed E-state index contributed by atoms with van der Waals surface area (Å²) in [7, 11) is 0. The minimum atomic E-state index is -1.26. The summed E-state index contributed by atoms with van der Waals surface area (Å²) >= 11 is 12.5. The Bertz CT molecular complexity index is 1250. The Hall–Kier alpha value is -2.96. The summed E-state index contributed by atoms with van der Waals surface area (Å²) in [4.78, 5) is 11.1. The van der Waals surface area contributed by atoms with Crippen LogP contribution in [0.25, 0.3) is 22.2 Å². The fraction of sp³-hybridized carbons (Fsp3) is 0.0476. The van der Waals surface area contributed by atoms with Gasteiger partial charge in [-0.05, 0) is 42.5 Å². The van der Waals surface area contributed by atoms with Crippen molar-refractivity contribution in [2.75, 3.05) is 0 Å². The van der Waals surface area contributed by atoms with Crippen molar-refractivity contribution in [2.24, 2.45) is 0 Å². The number of benzene rings is 3. The Morgan fingerprint density at radius 1 is 1.00 bits per heavy atom. The zero-order valence-corrected chi connectivity index (χ0v) is 16.2. The minimum Gasteiger partial charge on any atom is -0.478 e. The smallest absolute Gasteiger partial charge is 0.335 e. The number of carboxylic acids is 1. The first-order chi connectivity index (χ1) is 13.9. The Morgan fingerprint density at radius 2 is 1.69 bits per heavy atom. The normalized spacial score (nSPS) is 11.2. The second-order valence-electron chi connectivity index (χ2n) is 6.34. The fourth-order valence-electron chi connectivity index (χ4n) is 3.17. The number of halogens is 4. The van der Waals surface area contributed by atoms with Crippen LogP contribution in [0.5, 0.6) is 0 Å². The maximum absolute atomic E-state index is 14.7. The third-order valence-corrected chi connectivity index (χ3v) is 5.28. The van der Waals surface area contributed by atoms with Crippen molar-refractivity contribution >= 4 is 40.1 Å². The predicted octanol–water partition coefficient (Wildman–Crippen LogP) is 6.03. The molecule has 4 rings (SSSR count). The first kappa shape index (κ1) is 19.4. The van der Waals surface area contributed by atoms with Gasteiger partial charge in [0.2, 0.25) is 0 Å². The fourth-order valence-corrected chi connectivity index (χ4v) is 3.69. The molecular formula is C21H12Cl2F2N2O2. The topological polar surface area (TPSA) is 55.1 Å². The van der Waals surface area contributed by atoms with Gasteiger partial charge in [-0.2, -0.15) is 5.10 Å². The third-order valence-electron chi connectivity index (χ3n) is 4.57. The molecule has 3 aromatic carbocycles. The molecule has 0 saturated heterocycles. The lowest BCUT2D eigenvalue weighted by molar-refractivity contribution is 0.0696. The van der Waals surface area contributed by atoms with Gasteiger partial charge in [-0.3, -0.25) is 4.68 Å². The van der Waals surface area contributed by atoms with Crippen LogP contribution in [0.1, 0.15) is 15.9 Å². The molecule has 0 bridgehead atoms. The molecule has 0 spiro atoms. The van der Waals surface area contributed by atoms with E-state index in [1.165, 1.54) is 28.9 Å². The average molecular weight is 433 g/mol. The maximum atomic E-state index is 14.7. The van der Waals surface area contributed by atoms with E-state index in [4.69, 9.17) is 28.3 Å². The summed E-state index contributed by atoms with van der Waals surface area (Å²) in [6.45, 7) is 0.146. The Labute approximate surface area is 173 Å². The second-order valence-corrected chi connectivity index (χ2v) is 7.15. The van der Waals surface area contributed by atoms with E-state index < -0.39 is 17.6 Å². The molecule has 0 atom stereocenters. The highest BCUT2D eigenvalue weighted by molar-refractivity contribution is 6.36. The van der Waals surface area contributed by atoms with E-state index in [0.29, 0.717) is 21.1 Å². The largest absolute Gasteiger partial charge is 0.478 e. The first-order valence-corrected chi connectivity index (χ1v) is 9.23. The molecule has 0 aliphatic rings. The number of nitrogens with zero attached hydrogens (tertiary/aromatic N) is 2. The SMILES string of the molecule is O=C(O)c1ccc(-c2nn(Cc3c(Cl)cccc3Cl)c3cccc(F)c23)c(F)c1. The average Bonchev–Trinajstić information content (AvgIpc) is 3.04. The highest BCUT2D eigenvalue weighted by Gasteiger charge is 2.20. The molecule has 4 aromatic rings. The van der Waals surface area contributed by atoms with E-state index in [9.17, 15) is 13.6 Å². The van der Waals surface area contributed by atoms with Crippen LogP contribution < -0.4 is 0 Å². The molecule has 0 saturated carbocycles. The van der Waals surface area contributed by atoms with Crippen LogP contribution in [-0.2, 0) is 6.54 Å². The van der Waals surface area contributed by atoms with Gasteiger partial charge in [0, 0.05) is 21.2 Å². The number of carboxylic acid groups (broad SMARTS) is 1. The molecule has 29 heavy (non-hydrogen) atoms. The van der Waals surface area contributed by atoms with Gasteiger partial charge in [-0.15, -0.1) is 0 Å². The minimum absolute atomic E-state index is 0.00546. The standard InChI is InChI=1S/C21H12Cl2F2N2O2/c22-14-3-1-4-15(23)13(14)10-27-18-6-2-5-16(24)19(18)20(26-27)12-8-7-11(21(28)29)9-17(12)25/h1-9H,10H2,(H,28,29). The van der Waals surface area contributed by atoms with E-state index >= 15 is 0 Å². The predicted molar refractivity (Wildman–Crippen MR) is 108 cm³/mol. The van der Waals surface area contributed by atoms with Gasteiger partial charge in [0.25, 0.3) is 0 Å². The molecule has 0 aliphatic heterocycles. The van der Waals surface area contributed by atoms with Crippen molar-refractivity contribution in [2.45, 2.75) is 6.54 Å². The number of aromatic nitrogens is 2. The van der Waals surface area contributed by atoms with Crippen LogP contribution in [0.2, 0.25) is 10.0 Å². The lowest BCUT2D eigenvalue weighted by Gasteiger charge is -2.08. The molecule has 0 fully saturated rings. The maximum Gasteiger partial charge on any atom is 0.335 e. The van der Waals surface area contributed by atoms with Gasteiger partial charge in [-0.1, -0.05) is 35.3 Å². The molecule has 4 nitrogen and oxygen atoms in total. The summed E-state index contributed by atoms with van der Waals surface area (Å²) < 4.78 is 30.8. The van der Waals surface area contributed by atoms with Gasteiger partial charge in [0.1, 0.15) is 17.3 Å². The zero-order valence-electron chi connectivity index (χ0n) is 14.7. The molecule has 8 heteroatoms. The van der Waals surface area contributed by atoms with Gasteiger partial charge < -0.3 is 5.11 Å². The number of hydrogen-bond acceptors (Lipinski definition) is 2. The second kappa shape index (κ2) is 7.46. The van der Waals surface area contributed by atoms with Crippen LogP contribution in [-0.4, -0.2) is 20.9 Å². The van der Waals surface area contributed by atoms with E-state index in [1.54, 1.807) is 24.3 Å². The summed E-state index contributed by atoms with van der Waals surface area (Å²) in [5, 5.41) is 14.4. The highest BCUT2D eigenvalue weighted by atomic mass is 35.5. The molecular weight excluding hydrogens is 421 g/mol. The number of carbonyl (C=O) groups is 1. The lowest BCUT2D eigenvalue weighted by Crippen LogP contribution is -2.03. The number of rotatable bonds is 4. The third kappa shape index (κ3) is 3.45. The molecule has 146 valence electrons. The summed E-state index contributed by atoms with van der Waals surface area (Å²) in [6.07, 6.45) is 0. The van der Waals surface area contributed by atoms with Crippen molar-refractivity contribution in [3.05, 3.63) is 87.4 Å². The molecule has 1 N–H and O–H groups in total. The Balaban J connectivity index is 1.92. The number of fused-ring (bicyclic) bond motifs is 1. The van der Waals surface area contributed by atoms with Gasteiger partial charge >= 0.3 is 5.97 Å². The van der Waals surface area contributed by atoms with E-state index in [1.807, 2.05) is 0 Å². The first-order valence-electron chi connectivity index (χ1n) is 8.48. The zero-order chi connectivity index (χ0) is 20.7. The van der Waals surface area contributed by atoms with Crippen molar-refractivity contribution in [1.29, 1.82) is 0 Å². The van der Waals surface area contributed by atoms with Crippen LogP contribution >= 0.6 is 23.2 Å². The highest BCUT2D eigenvalue weighted by Crippen LogP contribution is 2.34. The van der Waals surface area contributed by atoms with Crippen molar-refractivity contribution in [3.63, 3.8) is 0 Å². The van der Waals surface area contributed by atoms with E-state index in [0.717, 1.165) is 6.07 Å². The summed E-state index contributed by atoms with van der Waals surface area (Å²) in [6, 6.07) is 12.9. The molecule has 1 heterocycles. The van der Waals surface area contributed by atoms with Gasteiger partial charge in [0.05, 0.1) is 23.0 Å². The Morgan fingerprint density at radius 3 is 2.34 bits per heavy atom. The molecule has 0 unspecified atom stereocenters. The van der Waals surface area contributed by atoms with Crippen molar-refractivity contribution < 1.29 is 18.7 Å². The summed E-state index contributed by atoms with van der Waals surface area (Å²) in [5.74, 6) is -2.64. The van der Waals surface area contributed by atoms with E-state index in [-0.39, 0.29) is 28.8 Å². The number of aromatic carboxylic acids is 1. The molecule has 0 radical (unpaired) electrons. The van der Waals surface area contributed by atoms with Crippen LogP contribution in [0.4, 0.5) is 8.78 Å². The van der Waals surface area contributed by atoms with Crippen molar-refractivity contribution in [1.82, 2.24) is 9.78 Å². The molecule has 0 amide bonds. The van der Waals surface area contributed by atoms with Crippen LogP contribution in [0.15, 0.2) is 54.6 Å². The molecule has 0 aliphatic carbocycles. The lowest BCUT2D eigenvalue weighted by atomic mass is 10.0. The van der Waals surface area contributed by atoms with E-state index in [2.05, 4.69) is 5.10 Å². The van der Waals surface area contributed by atoms with Crippen molar-refractivity contribution in [3.8, 4) is 11.3 Å². The monoisotopic (exact) mass is 432 g/mol. The number of hydrogen-bond donors (Lipinski definition) is 1. The summed E-state index contributed by atoms with van der Waals surface area (Å²) in [5.41, 5.74) is 0.874.